The highest BCUT2D eigenvalue weighted by molar-refractivity contribution is 5.87. The minimum absolute atomic E-state index is 0.247. The first-order chi connectivity index (χ1) is 7.21. The molecular weight excluding hydrogens is 144 g/mol. The Labute approximate surface area is 71.8 Å². The molecule has 1 aromatic rings. The Morgan fingerprint density at radius 2 is 2.91 bits per heavy atom. The van der Waals surface area contributed by atoms with Gasteiger partial charge in [0.1, 0.15) is 5.69 Å². The molecule has 0 aliphatic heterocycles. The van der Waals surface area contributed by atoms with Crippen LogP contribution in [-0.2, 0) is 11.2 Å². The first-order valence-electron chi connectivity index (χ1n) is 5.34. The third-order valence-electron chi connectivity index (χ3n) is 1.14. The molecule has 1 rings (SSSR count). The first-order valence-corrected chi connectivity index (χ1v) is 2.84. The van der Waals surface area contributed by atoms with Crippen molar-refractivity contribution in [1.29, 1.82) is 0 Å². The molecule has 4 heteroatoms. The SMILES string of the molecule is [2H]C([2H])([2H])C([2H])([2H])n1nccc1C(=O)OC. The van der Waals surface area contributed by atoms with Crippen LogP contribution in [0.5, 0.6) is 0 Å². The summed E-state index contributed by atoms with van der Waals surface area (Å²) in [6, 6.07) is 1.19. The number of methoxy groups -OCH3 is 1. The molecule has 1 heterocycles. The second-order valence-corrected chi connectivity index (χ2v) is 1.73. The van der Waals surface area contributed by atoms with E-state index in [1.807, 2.05) is 0 Å². The molecule has 0 saturated carbocycles. The van der Waals surface area contributed by atoms with Gasteiger partial charge in [-0.3, -0.25) is 4.68 Å². The molecule has 0 bridgehead atoms. The Hall–Kier alpha value is -1.32. The van der Waals surface area contributed by atoms with E-state index in [4.69, 9.17) is 6.85 Å². The Morgan fingerprint density at radius 1 is 2.09 bits per heavy atom. The monoisotopic (exact) mass is 159 g/mol. The van der Waals surface area contributed by atoms with Crippen LogP contribution in [0.15, 0.2) is 12.3 Å². The first kappa shape index (κ1) is 3.38. The van der Waals surface area contributed by atoms with E-state index in [1.165, 1.54) is 6.07 Å². The topological polar surface area (TPSA) is 44.1 Å². The normalized spacial score (nSPS) is 18.8. The minimum atomic E-state index is -2.93. The van der Waals surface area contributed by atoms with Crippen LogP contribution in [0.2, 0.25) is 0 Å². The standard InChI is InChI=1S/C7H10N2O2/c1-3-9-6(4-5-8-9)7(10)11-2/h4-5H,3H2,1-2H3/i1D3,3D2. The summed E-state index contributed by atoms with van der Waals surface area (Å²) in [5.41, 5.74) is -0.247. The molecule has 0 N–H and O–H groups in total. The summed E-state index contributed by atoms with van der Waals surface area (Å²) < 4.78 is 40.9. The predicted molar refractivity (Wildman–Crippen MR) is 39.2 cm³/mol. The second-order valence-electron chi connectivity index (χ2n) is 1.73. The Balaban J connectivity index is 3.24. The zero-order valence-electron chi connectivity index (χ0n) is 10.9. The van der Waals surface area contributed by atoms with Gasteiger partial charge >= 0.3 is 5.97 Å². The van der Waals surface area contributed by atoms with Crippen molar-refractivity contribution in [3.63, 3.8) is 0 Å². The third-order valence-corrected chi connectivity index (χ3v) is 1.14. The maximum atomic E-state index is 11.2. The van der Waals surface area contributed by atoms with Gasteiger partial charge in [0, 0.05) is 16.8 Å². The van der Waals surface area contributed by atoms with Crippen LogP contribution < -0.4 is 0 Å². The average Bonchev–Trinajstić information content (AvgIpc) is 2.63. The molecule has 0 aliphatic carbocycles. The molecule has 0 amide bonds. The van der Waals surface area contributed by atoms with E-state index >= 15 is 0 Å². The molecule has 0 unspecified atom stereocenters. The largest absolute Gasteiger partial charge is 0.464 e. The van der Waals surface area contributed by atoms with E-state index in [-0.39, 0.29) is 5.69 Å². The van der Waals surface area contributed by atoms with E-state index in [1.54, 1.807) is 0 Å². The van der Waals surface area contributed by atoms with Crippen LogP contribution in [0.25, 0.3) is 0 Å². The molecule has 0 saturated heterocycles. The van der Waals surface area contributed by atoms with Gasteiger partial charge in [-0.05, 0) is 12.9 Å². The van der Waals surface area contributed by atoms with Crippen molar-refractivity contribution in [3.8, 4) is 0 Å². The Morgan fingerprint density at radius 3 is 3.55 bits per heavy atom. The summed E-state index contributed by atoms with van der Waals surface area (Å²) in [5, 5.41) is 3.50. The van der Waals surface area contributed by atoms with E-state index in [0.29, 0.717) is 4.68 Å². The molecule has 0 fully saturated rings. The molecule has 60 valence electrons. The number of aryl methyl sites for hydroxylation is 1. The van der Waals surface area contributed by atoms with Crippen molar-refractivity contribution in [2.24, 2.45) is 0 Å². The van der Waals surface area contributed by atoms with E-state index < -0.39 is 19.3 Å². The Bertz CT molecular complexity index is 398. The van der Waals surface area contributed by atoms with Gasteiger partial charge in [0.2, 0.25) is 0 Å². The van der Waals surface area contributed by atoms with Gasteiger partial charge in [0.25, 0.3) is 0 Å². The van der Waals surface area contributed by atoms with Crippen LogP contribution in [-0.4, -0.2) is 22.9 Å². The lowest BCUT2D eigenvalue weighted by atomic mass is 10.4. The smallest absolute Gasteiger partial charge is 0.356 e. The zero-order valence-corrected chi connectivity index (χ0v) is 5.87. The lowest BCUT2D eigenvalue weighted by Gasteiger charge is -2.00. The van der Waals surface area contributed by atoms with Crippen molar-refractivity contribution in [2.75, 3.05) is 7.11 Å². The van der Waals surface area contributed by atoms with E-state index in [2.05, 4.69) is 9.84 Å². The summed E-state index contributed by atoms with van der Waals surface area (Å²) in [5.74, 6) is -0.842. The van der Waals surface area contributed by atoms with E-state index in [9.17, 15) is 4.79 Å². The molecule has 0 aliphatic rings. The van der Waals surface area contributed by atoms with Crippen LogP contribution in [0.3, 0.4) is 0 Å². The maximum absolute atomic E-state index is 11.2. The highest BCUT2D eigenvalue weighted by atomic mass is 16.5. The fraction of sp³-hybridized carbons (Fsp3) is 0.429. The Kier molecular flexibility index (Phi) is 0.980. The highest BCUT2D eigenvalue weighted by Gasteiger charge is 2.09. The van der Waals surface area contributed by atoms with Crippen molar-refractivity contribution < 1.29 is 16.4 Å². The molecule has 0 spiro atoms. The predicted octanol–water partition coefficient (Wildman–Crippen LogP) is 0.690. The number of hydrogen-bond donors (Lipinski definition) is 0. The number of rotatable bonds is 2. The fourth-order valence-electron chi connectivity index (χ4n) is 0.652. The van der Waals surface area contributed by atoms with E-state index in [0.717, 1.165) is 13.3 Å². The summed E-state index contributed by atoms with van der Waals surface area (Å²) in [4.78, 5) is 11.2. The number of aromatic nitrogens is 2. The number of carbonyl (C=O) groups excluding carboxylic acids is 1. The number of ether oxygens (including phenoxy) is 1. The molecular formula is C7H10N2O2. The second kappa shape index (κ2) is 3.18. The van der Waals surface area contributed by atoms with Gasteiger partial charge in [-0.1, -0.05) is 0 Å². The molecule has 0 radical (unpaired) electrons. The third kappa shape index (κ3) is 1.39. The quantitative estimate of drug-likeness (QED) is 0.596. The summed E-state index contributed by atoms with van der Waals surface area (Å²) in [6.45, 7) is -5.69. The van der Waals surface area contributed by atoms with Crippen LogP contribution in [0.4, 0.5) is 0 Å². The van der Waals surface area contributed by atoms with Gasteiger partial charge in [-0.2, -0.15) is 5.10 Å². The summed E-state index contributed by atoms with van der Waals surface area (Å²) in [7, 11) is 1.12. The van der Waals surface area contributed by atoms with Gasteiger partial charge in [-0.25, -0.2) is 4.79 Å². The fourth-order valence-corrected chi connectivity index (χ4v) is 0.652. The van der Waals surface area contributed by atoms with Gasteiger partial charge in [0.15, 0.2) is 0 Å². The minimum Gasteiger partial charge on any atom is -0.464 e. The zero-order chi connectivity index (χ0) is 12.6. The lowest BCUT2D eigenvalue weighted by Crippen LogP contribution is -2.10. The molecule has 1 aromatic heterocycles. The van der Waals surface area contributed by atoms with Gasteiger partial charge < -0.3 is 4.74 Å². The summed E-state index contributed by atoms with van der Waals surface area (Å²) >= 11 is 0. The number of carbonyl (C=O) groups is 1. The van der Waals surface area contributed by atoms with Crippen molar-refractivity contribution >= 4 is 5.97 Å². The van der Waals surface area contributed by atoms with Crippen LogP contribution >= 0.6 is 0 Å². The van der Waals surface area contributed by atoms with Crippen LogP contribution in [0.1, 0.15) is 24.2 Å². The molecule has 11 heavy (non-hydrogen) atoms. The highest BCUT2D eigenvalue weighted by Crippen LogP contribution is 1.99. The van der Waals surface area contributed by atoms with Gasteiger partial charge in [-0.15, -0.1) is 0 Å². The number of hydrogen-bond acceptors (Lipinski definition) is 3. The van der Waals surface area contributed by atoms with Crippen molar-refractivity contribution in [1.82, 2.24) is 9.78 Å². The molecule has 4 nitrogen and oxygen atoms in total. The molecule has 0 aromatic carbocycles. The van der Waals surface area contributed by atoms with Crippen molar-refractivity contribution in [2.45, 2.75) is 13.3 Å². The summed E-state index contributed by atoms with van der Waals surface area (Å²) in [6.07, 6.45) is 1.13. The van der Waals surface area contributed by atoms with Gasteiger partial charge in [0.05, 0.1) is 9.85 Å². The lowest BCUT2D eigenvalue weighted by molar-refractivity contribution is 0.0587. The van der Waals surface area contributed by atoms with Crippen molar-refractivity contribution in [3.05, 3.63) is 18.0 Å². The van der Waals surface area contributed by atoms with Crippen LogP contribution in [0, 0.1) is 0 Å². The average molecular weight is 159 g/mol. The maximum Gasteiger partial charge on any atom is 0.356 e. The molecule has 0 atom stereocenters. The number of esters is 1. The number of nitrogens with zero attached hydrogens (tertiary/aromatic N) is 2.